The van der Waals surface area contributed by atoms with Gasteiger partial charge in [-0.05, 0) is 23.0 Å². The summed E-state index contributed by atoms with van der Waals surface area (Å²) in [5, 5.41) is 0. The molecule has 0 amide bonds. The van der Waals surface area contributed by atoms with E-state index in [-0.39, 0.29) is 11.3 Å². The Kier molecular flexibility index (Phi) is 3.00. The van der Waals surface area contributed by atoms with Gasteiger partial charge in [0.25, 0.3) is 0 Å². The van der Waals surface area contributed by atoms with Gasteiger partial charge in [-0.3, -0.25) is 4.79 Å². The number of carbonyl (C=O) groups is 1. The van der Waals surface area contributed by atoms with Gasteiger partial charge in [0.15, 0.2) is 0 Å². The third-order valence-corrected chi connectivity index (χ3v) is 5.87. The van der Waals surface area contributed by atoms with Crippen LogP contribution in [-0.4, -0.2) is 5.78 Å². The van der Waals surface area contributed by atoms with E-state index < -0.39 is 0 Å². The van der Waals surface area contributed by atoms with Gasteiger partial charge in [0.2, 0.25) is 0 Å². The first-order valence-corrected chi connectivity index (χ1v) is 8.30. The van der Waals surface area contributed by atoms with Crippen molar-refractivity contribution in [3.05, 3.63) is 71.8 Å². The average molecular weight is 290 g/mol. The summed E-state index contributed by atoms with van der Waals surface area (Å²) in [7, 11) is 0. The third kappa shape index (κ3) is 1.68. The number of carbonyl (C=O) groups excluding carboxylic acids is 1. The predicted octanol–water partition coefficient (Wildman–Crippen LogP) is 4.58. The fraction of sp³-hybridized carbons (Fsp3) is 0.381. The Labute approximate surface area is 132 Å². The average Bonchev–Trinajstić information content (AvgIpc) is 3.15. The van der Waals surface area contributed by atoms with Crippen molar-refractivity contribution >= 4 is 5.78 Å². The topological polar surface area (TPSA) is 17.1 Å². The summed E-state index contributed by atoms with van der Waals surface area (Å²) in [5.41, 5.74) is 2.72. The Morgan fingerprint density at radius 1 is 0.909 bits per heavy atom. The van der Waals surface area contributed by atoms with E-state index in [1.807, 2.05) is 0 Å². The number of rotatable bonds is 3. The largest absolute Gasteiger partial charge is 0.299 e. The van der Waals surface area contributed by atoms with Crippen molar-refractivity contribution in [2.45, 2.75) is 31.6 Å². The van der Waals surface area contributed by atoms with E-state index in [0.717, 1.165) is 6.42 Å². The molecule has 2 aliphatic rings. The molecule has 2 saturated carbocycles. The standard InChI is InChI=1S/C21H22O/c1-14(2)17-13-18(22)20-19(15-9-5-3-6-10-15)21(17,20)16-11-7-4-8-12-16/h3-12,14,17,19-20H,13H2,1-2H3/t17-,19+,20-,21+/m1/s1. The Hall–Kier alpha value is -1.89. The third-order valence-electron chi connectivity index (χ3n) is 5.87. The first kappa shape index (κ1) is 13.8. The highest BCUT2D eigenvalue weighted by atomic mass is 16.1. The molecule has 1 nitrogen and oxygen atoms in total. The first-order chi connectivity index (χ1) is 10.7. The maximum absolute atomic E-state index is 12.7. The van der Waals surface area contributed by atoms with Crippen molar-refractivity contribution in [2.24, 2.45) is 17.8 Å². The van der Waals surface area contributed by atoms with Crippen LogP contribution in [0.4, 0.5) is 0 Å². The molecule has 0 N–H and O–H groups in total. The highest BCUT2D eigenvalue weighted by Gasteiger charge is 2.75. The van der Waals surface area contributed by atoms with Crippen molar-refractivity contribution in [3.8, 4) is 0 Å². The summed E-state index contributed by atoms with van der Waals surface area (Å²) < 4.78 is 0. The number of hydrogen-bond acceptors (Lipinski definition) is 1. The zero-order chi connectivity index (χ0) is 15.3. The molecule has 0 bridgehead atoms. The van der Waals surface area contributed by atoms with E-state index in [4.69, 9.17) is 0 Å². The summed E-state index contributed by atoms with van der Waals surface area (Å²) in [6.45, 7) is 4.54. The molecule has 0 unspecified atom stereocenters. The molecular weight excluding hydrogens is 268 g/mol. The highest BCUT2D eigenvalue weighted by Crippen LogP contribution is 2.75. The predicted molar refractivity (Wildman–Crippen MR) is 88.7 cm³/mol. The molecule has 2 aromatic carbocycles. The second kappa shape index (κ2) is 4.81. The minimum absolute atomic E-state index is 0.0356. The maximum atomic E-state index is 12.7. The molecule has 0 aliphatic heterocycles. The normalized spacial score (nSPS) is 33.0. The summed E-state index contributed by atoms with van der Waals surface area (Å²) >= 11 is 0. The molecule has 4 rings (SSSR count). The zero-order valence-corrected chi connectivity index (χ0v) is 13.2. The molecule has 22 heavy (non-hydrogen) atoms. The molecular formula is C21H22O. The molecule has 112 valence electrons. The molecule has 2 aromatic rings. The van der Waals surface area contributed by atoms with Crippen molar-refractivity contribution in [1.29, 1.82) is 0 Å². The quantitative estimate of drug-likeness (QED) is 0.808. The van der Waals surface area contributed by atoms with Crippen molar-refractivity contribution in [2.75, 3.05) is 0 Å². The lowest BCUT2D eigenvalue weighted by Crippen LogP contribution is -2.25. The van der Waals surface area contributed by atoms with Gasteiger partial charge < -0.3 is 0 Å². The second-order valence-electron chi connectivity index (χ2n) is 7.19. The number of fused-ring (bicyclic) bond motifs is 1. The minimum Gasteiger partial charge on any atom is -0.299 e. The maximum Gasteiger partial charge on any atom is 0.137 e. The van der Waals surface area contributed by atoms with Gasteiger partial charge in [-0.2, -0.15) is 0 Å². The molecule has 0 radical (unpaired) electrons. The van der Waals surface area contributed by atoms with E-state index in [2.05, 4.69) is 74.5 Å². The van der Waals surface area contributed by atoms with Crippen LogP contribution in [0.25, 0.3) is 0 Å². The van der Waals surface area contributed by atoms with Crippen molar-refractivity contribution < 1.29 is 4.79 Å². The molecule has 2 fully saturated rings. The Morgan fingerprint density at radius 2 is 1.50 bits per heavy atom. The van der Waals surface area contributed by atoms with Crippen LogP contribution < -0.4 is 0 Å². The highest BCUT2D eigenvalue weighted by molar-refractivity contribution is 5.93. The summed E-state index contributed by atoms with van der Waals surface area (Å²) in [6.07, 6.45) is 0.751. The van der Waals surface area contributed by atoms with Crippen LogP contribution in [0.3, 0.4) is 0 Å². The van der Waals surface area contributed by atoms with Crippen LogP contribution in [-0.2, 0) is 10.2 Å². The lowest BCUT2D eigenvalue weighted by Gasteiger charge is -2.29. The number of Topliss-reactive ketones (excluding diaryl/α,β-unsaturated/α-hetero) is 1. The second-order valence-corrected chi connectivity index (χ2v) is 7.19. The van der Waals surface area contributed by atoms with Gasteiger partial charge in [0.05, 0.1) is 0 Å². The first-order valence-electron chi connectivity index (χ1n) is 8.30. The van der Waals surface area contributed by atoms with Gasteiger partial charge in [-0.1, -0.05) is 74.5 Å². The molecule has 2 aliphatic carbocycles. The van der Waals surface area contributed by atoms with Crippen LogP contribution in [0.1, 0.15) is 37.3 Å². The Bertz CT molecular complexity index is 688. The Morgan fingerprint density at radius 3 is 2.09 bits per heavy atom. The SMILES string of the molecule is CC(C)[C@H]1CC(=O)[C@@H]2[C@H](c3ccccc3)[C@]12c1ccccc1. The van der Waals surface area contributed by atoms with Gasteiger partial charge in [-0.15, -0.1) is 0 Å². The molecule has 0 aromatic heterocycles. The van der Waals surface area contributed by atoms with E-state index in [1.54, 1.807) is 0 Å². The Balaban J connectivity index is 1.87. The van der Waals surface area contributed by atoms with Crippen LogP contribution in [0, 0.1) is 17.8 Å². The smallest absolute Gasteiger partial charge is 0.137 e. The van der Waals surface area contributed by atoms with Crippen molar-refractivity contribution in [1.82, 2.24) is 0 Å². The number of ketones is 1. The van der Waals surface area contributed by atoms with Gasteiger partial charge >= 0.3 is 0 Å². The van der Waals surface area contributed by atoms with Crippen LogP contribution in [0.2, 0.25) is 0 Å². The summed E-state index contributed by atoms with van der Waals surface area (Å²) in [5.74, 6) is 2.01. The van der Waals surface area contributed by atoms with Crippen LogP contribution >= 0.6 is 0 Å². The lowest BCUT2D eigenvalue weighted by molar-refractivity contribution is -0.119. The summed E-state index contributed by atoms with van der Waals surface area (Å²) in [4.78, 5) is 12.7. The monoisotopic (exact) mass is 290 g/mol. The van der Waals surface area contributed by atoms with E-state index in [0.29, 0.717) is 23.5 Å². The fourth-order valence-corrected chi connectivity index (χ4v) is 5.05. The fourth-order valence-electron chi connectivity index (χ4n) is 5.05. The molecule has 0 saturated heterocycles. The lowest BCUT2D eigenvalue weighted by atomic mass is 9.74. The van der Waals surface area contributed by atoms with Crippen LogP contribution in [0.5, 0.6) is 0 Å². The van der Waals surface area contributed by atoms with Gasteiger partial charge in [0.1, 0.15) is 5.78 Å². The van der Waals surface area contributed by atoms with E-state index in [9.17, 15) is 4.79 Å². The molecule has 0 spiro atoms. The van der Waals surface area contributed by atoms with Gasteiger partial charge in [-0.25, -0.2) is 0 Å². The van der Waals surface area contributed by atoms with Crippen LogP contribution in [0.15, 0.2) is 60.7 Å². The zero-order valence-electron chi connectivity index (χ0n) is 13.2. The van der Waals surface area contributed by atoms with E-state index in [1.165, 1.54) is 11.1 Å². The molecule has 4 atom stereocenters. The summed E-state index contributed by atoms with van der Waals surface area (Å²) in [6, 6.07) is 21.4. The molecule has 0 heterocycles. The van der Waals surface area contributed by atoms with Crippen molar-refractivity contribution in [3.63, 3.8) is 0 Å². The van der Waals surface area contributed by atoms with E-state index >= 15 is 0 Å². The number of hydrogen-bond donors (Lipinski definition) is 0. The van der Waals surface area contributed by atoms with Gasteiger partial charge in [0, 0.05) is 23.7 Å². The molecule has 1 heteroatoms. The number of benzene rings is 2. The minimum atomic E-state index is 0.0356.